The molecule has 0 atom stereocenters. The van der Waals surface area contributed by atoms with Crippen molar-refractivity contribution >= 4 is 5.69 Å². The third kappa shape index (κ3) is 2.24. The third-order valence-electron chi connectivity index (χ3n) is 1.96. The van der Waals surface area contributed by atoms with Crippen LogP contribution >= 0.6 is 0 Å². The highest BCUT2D eigenvalue weighted by Gasteiger charge is 1.95. The van der Waals surface area contributed by atoms with Gasteiger partial charge in [0.2, 0.25) is 0 Å². The molecule has 0 aliphatic heterocycles. The highest BCUT2D eigenvalue weighted by molar-refractivity contribution is 5.47. The topological polar surface area (TPSA) is 46.2 Å². The second-order valence-corrected chi connectivity index (χ2v) is 3.02. The molecule has 0 heterocycles. The molecule has 0 saturated carbocycles. The van der Waals surface area contributed by atoms with Crippen LogP contribution in [0.15, 0.2) is 18.2 Å². The maximum atomic E-state index is 8.63. The van der Waals surface area contributed by atoms with Gasteiger partial charge in [0, 0.05) is 12.3 Å². The summed E-state index contributed by atoms with van der Waals surface area (Å²) in [4.78, 5) is 0. The van der Waals surface area contributed by atoms with Crippen LogP contribution in [0.25, 0.3) is 0 Å². The normalized spacial score (nSPS) is 10.2. The highest BCUT2D eigenvalue weighted by Crippen LogP contribution is 2.13. The molecule has 0 fully saturated rings. The van der Waals surface area contributed by atoms with Crippen LogP contribution < -0.4 is 5.73 Å². The van der Waals surface area contributed by atoms with Crippen molar-refractivity contribution in [1.29, 1.82) is 0 Å². The standard InChI is InChI=1S/C10H15NO/c1-8-7-9(3-2-6-12)4-5-10(8)11/h4-5,7,12H,2-3,6,11H2,1H3. The van der Waals surface area contributed by atoms with Gasteiger partial charge in [-0.15, -0.1) is 0 Å². The van der Waals surface area contributed by atoms with E-state index in [4.69, 9.17) is 10.8 Å². The molecule has 1 aromatic rings. The lowest BCUT2D eigenvalue weighted by molar-refractivity contribution is 0.288. The average molecular weight is 165 g/mol. The fraction of sp³-hybridized carbons (Fsp3) is 0.400. The highest BCUT2D eigenvalue weighted by atomic mass is 16.2. The minimum atomic E-state index is 0.253. The maximum Gasteiger partial charge on any atom is 0.0434 e. The first-order chi connectivity index (χ1) is 5.74. The summed E-state index contributed by atoms with van der Waals surface area (Å²) < 4.78 is 0. The number of hydrogen-bond acceptors (Lipinski definition) is 2. The van der Waals surface area contributed by atoms with Gasteiger partial charge >= 0.3 is 0 Å². The largest absolute Gasteiger partial charge is 0.399 e. The molecule has 3 N–H and O–H groups in total. The van der Waals surface area contributed by atoms with Crippen molar-refractivity contribution in [3.8, 4) is 0 Å². The number of nitrogen functional groups attached to an aromatic ring is 1. The molecule has 1 aromatic carbocycles. The van der Waals surface area contributed by atoms with Crippen LogP contribution in [0.5, 0.6) is 0 Å². The predicted molar refractivity (Wildman–Crippen MR) is 51.0 cm³/mol. The van der Waals surface area contributed by atoms with Gasteiger partial charge in [-0.1, -0.05) is 12.1 Å². The molecule has 0 unspecified atom stereocenters. The molecule has 0 aliphatic rings. The van der Waals surface area contributed by atoms with E-state index in [1.165, 1.54) is 5.56 Å². The van der Waals surface area contributed by atoms with E-state index in [-0.39, 0.29) is 6.61 Å². The maximum absolute atomic E-state index is 8.63. The predicted octanol–water partition coefficient (Wildman–Crippen LogP) is 1.50. The van der Waals surface area contributed by atoms with Crippen molar-refractivity contribution in [1.82, 2.24) is 0 Å². The number of rotatable bonds is 3. The fourth-order valence-corrected chi connectivity index (χ4v) is 1.18. The van der Waals surface area contributed by atoms with E-state index in [1.54, 1.807) is 0 Å². The smallest absolute Gasteiger partial charge is 0.0434 e. The Bertz CT molecular complexity index is 258. The Kier molecular flexibility index (Phi) is 3.11. The molecule has 0 aromatic heterocycles. The summed E-state index contributed by atoms with van der Waals surface area (Å²) in [6, 6.07) is 6.00. The van der Waals surface area contributed by atoms with E-state index >= 15 is 0 Å². The van der Waals surface area contributed by atoms with Gasteiger partial charge in [-0.25, -0.2) is 0 Å². The summed E-state index contributed by atoms with van der Waals surface area (Å²) in [5, 5.41) is 8.63. The van der Waals surface area contributed by atoms with E-state index in [2.05, 4.69) is 6.07 Å². The van der Waals surface area contributed by atoms with Crippen molar-refractivity contribution in [3.63, 3.8) is 0 Å². The third-order valence-corrected chi connectivity index (χ3v) is 1.96. The lowest BCUT2D eigenvalue weighted by atomic mass is 10.1. The molecule has 0 saturated heterocycles. The number of benzene rings is 1. The second-order valence-electron chi connectivity index (χ2n) is 3.02. The molecule has 12 heavy (non-hydrogen) atoms. The summed E-state index contributed by atoms with van der Waals surface area (Å²) in [6.07, 6.45) is 1.75. The van der Waals surface area contributed by atoms with Gasteiger partial charge in [0.1, 0.15) is 0 Å². The average Bonchev–Trinajstić information content (AvgIpc) is 2.07. The van der Waals surface area contributed by atoms with Crippen molar-refractivity contribution in [2.24, 2.45) is 0 Å². The zero-order valence-electron chi connectivity index (χ0n) is 7.38. The number of hydrogen-bond donors (Lipinski definition) is 2. The minimum absolute atomic E-state index is 0.253. The number of aliphatic hydroxyl groups is 1. The van der Waals surface area contributed by atoms with Crippen molar-refractivity contribution in [2.75, 3.05) is 12.3 Å². The Labute approximate surface area is 73.0 Å². The van der Waals surface area contributed by atoms with Gasteiger partial charge < -0.3 is 10.8 Å². The Balaban J connectivity index is 2.69. The van der Waals surface area contributed by atoms with Crippen LogP contribution in [0.2, 0.25) is 0 Å². The summed E-state index contributed by atoms with van der Waals surface area (Å²) >= 11 is 0. The summed E-state index contributed by atoms with van der Waals surface area (Å²) in [5.41, 5.74) is 8.87. The molecule has 2 heteroatoms. The van der Waals surface area contributed by atoms with Gasteiger partial charge in [0.15, 0.2) is 0 Å². The van der Waals surface area contributed by atoms with Crippen LogP contribution in [-0.2, 0) is 6.42 Å². The molecule has 0 bridgehead atoms. The van der Waals surface area contributed by atoms with Gasteiger partial charge in [-0.3, -0.25) is 0 Å². The van der Waals surface area contributed by atoms with E-state index < -0.39 is 0 Å². The Morgan fingerprint density at radius 2 is 2.17 bits per heavy atom. The summed E-state index contributed by atoms with van der Waals surface area (Å²) in [5.74, 6) is 0. The lowest BCUT2D eigenvalue weighted by Gasteiger charge is -2.03. The van der Waals surface area contributed by atoms with Crippen molar-refractivity contribution < 1.29 is 5.11 Å². The van der Waals surface area contributed by atoms with Crippen LogP contribution in [0, 0.1) is 6.92 Å². The SMILES string of the molecule is Cc1cc(CCCO)ccc1N. The van der Waals surface area contributed by atoms with E-state index in [0.29, 0.717) is 0 Å². The molecule has 0 amide bonds. The van der Waals surface area contributed by atoms with Crippen molar-refractivity contribution in [3.05, 3.63) is 29.3 Å². The number of nitrogens with two attached hydrogens (primary N) is 1. The molecule has 2 nitrogen and oxygen atoms in total. The first-order valence-electron chi connectivity index (χ1n) is 4.20. The van der Waals surface area contributed by atoms with Gasteiger partial charge in [-0.2, -0.15) is 0 Å². The zero-order chi connectivity index (χ0) is 8.97. The van der Waals surface area contributed by atoms with Gasteiger partial charge in [-0.05, 0) is 37.0 Å². The van der Waals surface area contributed by atoms with Crippen LogP contribution in [0.1, 0.15) is 17.5 Å². The molecule has 0 aliphatic carbocycles. The molecule has 0 radical (unpaired) electrons. The first-order valence-corrected chi connectivity index (χ1v) is 4.20. The van der Waals surface area contributed by atoms with Crippen LogP contribution in [0.4, 0.5) is 5.69 Å². The number of aryl methyl sites for hydroxylation is 2. The van der Waals surface area contributed by atoms with E-state index in [0.717, 1.165) is 24.1 Å². The zero-order valence-corrected chi connectivity index (χ0v) is 7.38. The molecular weight excluding hydrogens is 150 g/mol. The van der Waals surface area contributed by atoms with Gasteiger partial charge in [0.25, 0.3) is 0 Å². The summed E-state index contributed by atoms with van der Waals surface area (Å²) in [6.45, 7) is 2.25. The molecule has 1 rings (SSSR count). The van der Waals surface area contributed by atoms with Crippen LogP contribution in [0.3, 0.4) is 0 Å². The Morgan fingerprint density at radius 1 is 1.42 bits per heavy atom. The van der Waals surface area contributed by atoms with E-state index in [9.17, 15) is 0 Å². The van der Waals surface area contributed by atoms with Crippen molar-refractivity contribution in [2.45, 2.75) is 19.8 Å². The first kappa shape index (κ1) is 9.07. The Morgan fingerprint density at radius 3 is 2.75 bits per heavy atom. The number of aliphatic hydroxyl groups excluding tert-OH is 1. The monoisotopic (exact) mass is 165 g/mol. The lowest BCUT2D eigenvalue weighted by Crippen LogP contribution is -1.93. The summed E-state index contributed by atoms with van der Waals surface area (Å²) in [7, 11) is 0. The Hall–Kier alpha value is -1.02. The second kappa shape index (κ2) is 4.12. The van der Waals surface area contributed by atoms with Gasteiger partial charge in [0.05, 0.1) is 0 Å². The van der Waals surface area contributed by atoms with Crippen LogP contribution in [-0.4, -0.2) is 11.7 Å². The fourth-order valence-electron chi connectivity index (χ4n) is 1.18. The molecular formula is C10H15NO. The number of anilines is 1. The quantitative estimate of drug-likeness (QED) is 0.667. The molecule has 0 spiro atoms. The minimum Gasteiger partial charge on any atom is -0.399 e. The van der Waals surface area contributed by atoms with E-state index in [1.807, 2.05) is 19.1 Å². The molecule has 66 valence electrons.